The molecule has 1 unspecified atom stereocenters. The number of carbonyl (C=O) groups is 1. The Kier molecular flexibility index (Phi) is 3.00. The molecule has 0 bridgehead atoms. The number of likely N-dealkylation sites (tertiary alicyclic amines) is 1. The molecule has 2 aliphatic heterocycles. The average Bonchev–Trinajstić information content (AvgIpc) is 2.74. The van der Waals surface area contributed by atoms with Crippen molar-refractivity contribution in [1.82, 2.24) is 4.90 Å². The molecule has 1 atom stereocenters. The van der Waals surface area contributed by atoms with Gasteiger partial charge in [0, 0.05) is 19.5 Å². The zero-order valence-electron chi connectivity index (χ0n) is 8.81. The molecule has 0 aliphatic carbocycles. The largest absolute Gasteiger partial charge is 0.343 e. The van der Waals surface area contributed by atoms with Crippen LogP contribution in [0.1, 0.15) is 25.7 Å². The monoisotopic (exact) mass is 231 g/mol. The first-order chi connectivity index (χ1) is 7.07. The molecule has 0 radical (unpaired) electrons. The standard InChI is InChI=1S/C10H17NO3S/c12-10(11-4-1-2-5-11)7-9-3-6-15(13,14)8-9/h9H,1-8H2. The normalized spacial score (nSPS) is 29.6. The SMILES string of the molecule is O=C(CC1CCS(=O)(=O)C1)N1CCCC1. The molecule has 0 aromatic heterocycles. The second-order valence-corrected chi connectivity index (χ2v) is 6.79. The molecule has 4 nitrogen and oxygen atoms in total. The minimum absolute atomic E-state index is 0.0723. The van der Waals surface area contributed by atoms with E-state index in [2.05, 4.69) is 0 Å². The Morgan fingerprint density at radius 2 is 1.93 bits per heavy atom. The van der Waals surface area contributed by atoms with Gasteiger partial charge in [-0.05, 0) is 25.2 Å². The van der Waals surface area contributed by atoms with Gasteiger partial charge in [-0.2, -0.15) is 0 Å². The minimum Gasteiger partial charge on any atom is -0.343 e. The first-order valence-electron chi connectivity index (χ1n) is 5.55. The van der Waals surface area contributed by atoms with Crippen LogP contribution in [0.25, 0.3) is 0 Å². The highest BCUT2D eigenvalue weighted by molar-refractivity contribution is 7.91. The Morgan fingerprint density at radius 3 is 2.47 bits per heavy atom. The molecule has 15 heavy (non-hydrogen) atoms. The lowest BCUT2D eigenvalue weighted by molar-refractivity contribution is -0.130. The zero-order valence-corrected chi connectivity index (χ0v) is 9.63. The van der Waals surface area contributed by atoms with E-state index < -0.39 is 9.84 Å². The van der Waals surface area contributed by atoms with Crippen molar-refractivity contribution in [3.05, 3.63) is 0 Å². The summed E-state index contributed by atoms with van der Waals surface area (Å²) in [5, 5.41) is 0. The molecule has 2 saturated heterocycles. The van der Waals surface area contributed by atoms with Crippen LogP contribution in [0.5, 0.6) is 0 Å². The summed E-state index contributed by atoms with van der Waals surface area (Å²) in [6, 6.07) is 0. The smallest absolute Gasteiger partial charge is 0.222 e. The Labute approximate surface area is 90.6 Å². The van der Waals surface area contributed by atoms with Gasteiger partial charge in [-0.1, -0.05) is 0 Å². The molecule has 0 aromatic carbocycles. The number of sulfone groups is 1. The van der Waals surface area contributed by atoms with Gasteiger partial charge in [0.2, 0.25) is 5.91 Å². The summed E-state index contributed by atoms with van der Waals surface area (Å²) in [6.45, 7) is 1.72. The van der Waals surface area contributed by atoms with Crippen LogP contribution in [0.4, 0.5) is 0 Å². The summed E-state index contributed by atoms with van der Waals surface area (Å²) in [5.74, 6) is 0.704. The minimum atomic E-state index is -2.84. The van der Waals surface area contributed by atoms with Crippen molar-refractivity contribution in [2.75, 3.05) is 24.6 Å². The van der Waals surface area contributed by atoms with Crippen LogP contribution in [0.15, 0.2) is 0 Å². The van der Waals surface area contributed by atoms with Gasteiger partial charge < -0.3 is 4.90 Å². The molecule has 0 spiro atoms. The third-order valence-corrected chi connectivity index (χ3v) is 5.09. The lowest BCUT2D eigenvalue weighted by Gasteiger charge is -2.17. The highest BCUT2D eigenvalue weighted by atomic mass is 32.2. The van der Waals surface area contributed by atoms with E-state index in [1.165, 1.54) is 0 Å². The van der Waals surface area contributed by atoms with Crippen molar-refractivity contribution in [2.45, 2.75) is 25.7 Å². The van der Waals surface area contributed by atoms with Crippen molar-refractivity contribution in [2.24, 2.45) is 5.92 Å². The number of hydrogen-bond donors (Lipinski definition) is 0. The number of hydrogen-bond acceptors (Lipinski definition) is 3. The summed E-state index contributed by atoms with van der Waals surface area (Å²) < 4.78 is 22.4. The number of amides is 1. The van der Waals surface area contributed by atoms with Gasteiger partial charge in [0.25, 0.3) is 0 Å². The Morgan fingerprint density at radius 1 is 1.27 bits per heavy atom. The summed E-state index contributed by atoms with van der Waals surface area (Å²) in [6.07, 6.45) is 3.28. The molecule has 0 N–H and O–H groups in total. The van der Waals surface area contributed by atoms with E-state index in [1.54, 1.807) is 0 Å². The highest BCUT2D eigenvalue weighted by Gasteiger charge is 2.31. The first kappa shape index (κ1) is 10.9. The summed E-state index contributed by atoms with van der Waals surface area (Å²) in [4.78, 5) is 13.6. The first-order valence-corrected chi connectivity index (χ1v) is 7.37. The maximum absolute atomic E-state index is 11.7. The van der Waals surface area contributed by atoms with Crippen molar-refractivity contribution in [3.8, 4) is 0 Å². The maximum atomic E-state index is 11.7. The van der Waals surface area contributed by atoms with Crippen molar-refractivity contribution in [1.29, 1.82) is 0 Å². The molecule has 2 aliphatic rings. The second-order valence-electron chi connectivity index (χ2n) is 4.56. The average molecular weight is 231 g/mol. The molecule has 0 aromatic rings. The van der Waals surface area contributed by atoms with E-state index in [4.69, 9.17) is 0 Å². The van der Waals surface area contributed by atoms with Gasteiger partial charge in [0.1, 0.15) is 0 Å². The fourth-order valence-electron chi connectivity index (χ4n) is 2.38. The van der Waals surface area contributed by atoms with Crippen molar-refractivity contribution >= 4 is 15.7 Å². The Hall–Kier alpha value is -0.580. The molecule has 5 heteroatoms. The highest BCUT2D eigenvalue weighted by Crippen LogP contribution is 2.23. The van der Waals surface area contributed by atoms with E-state index in [1.807, 2.05) is 4.90 Å². The van der Waals surface area contributed by atoms with Crippen LogP contribution in [0.2, 0.25) is 0 Å². The van der Waals surface area contributed by atoms with Crippen molar-refractivity contribution in [3.63, 3.8) is 0 Å². The van der Waals surface area contributed by atoms with Gasteiger partial charge >= 0.3 is 0 Å². The van der Waals surface area contributed by atoms with Crippen LogP contribution >= 0.6 is 0 Å². The number of carbonyl (C=O) groups excluding carboxylic acids is 1. The lowest BCUT2D eigenvalue weighted by atomic mass is 10.0. The summed E-state index contributed by atoms with van der Waals surface area (Å²) in [5.41, 5.74) is 0. The third-order valence-electron chi connectivity index (χ3n) is 3.25. The number of nitrogens with zero attached hydrogens (tertiary/aromatic N) is 1. The molecular formula is C10H17NO3S. The third kappa shape index (κ3) is 2.71. The molecule has 0 saturated carbocycles. The topological polar surface area (TPSA) is 54.5 Å². The lowest BCUT2D eigenvalue weighted by Crippen LogP contribution is -2.29. The zero-order chi connectivity index (χ0) is 10.9. The van der Waals surface area contributed by atoms with E-state index in [0.29, 0.717) is 12.8 Å². The van der Waals surface area contributed by atoms with Gasteiger partial charge in [-0.25, -0.2) is 8.42 Å². The Bertz CT molecular complexity index is 344. The Balaban J connectivity index is 1.85. The second kappa shape index (κ2) is 4.12. The summed E-state index contributed by atoms with van der Waals surface area (Å²) >= 11 is 0. The van der Waals surface area contributed by atoms with E-state index in [-0.39, 0.29) is 23.3 Å². The van der Waals surface area contributed by atoms with Crippen LogP contribution in [-0.4, -0.2) is 43.8 Å². The van der Waals surface area contributed by atoms with E-state index in [0.717, 1.165) is 25.9 Å². The van der Waals surface area contributed by atoms with Gasteiger partial charge in [-0.15, -0.1) is 0 Å². The molecule has 1 amide bonds. The van der Waals surface area contributed by atoms with Gasteiger partial charge in [-0.3, -0.25) is 4.79 Å². The van der Waals surface area contributed by atoms with Crippen molar-refractivity contribution < 1.29 is 13.2 Å². The quantitative estimate of drug-likeness (QED) is 0.692. The van der Waals surface area contributed by atoms with Gasteiger partial charge in [0.15, 0.2) is 9.84 Å². The predicted octanol–water partition coefficient (Wildman–Crippen LogP) is 0.434. The fourth-order valence-corrected chi connectivity index (χ4v) is 4.24. The molecule has 2 heterocycles. The predicted molar refractivity (Wildman–Crippen MR) is 57.2 cm³/mol. The molecule has 2 fully saturated rings. The van der Waals surface area contributed by atoms with E-state index >= 15 is 0 Å². The van der Waals surface area contributed by atoms with Crippen LogP contribution in [0, 0.1) is 5.92 Å². The summed E-state index contributed by atoms with van der Waals surface area (Å²) in [7, 11) is -2.84. The van der Waals surface area contributed by atoms with Crippen LogP contribution < -0.4 is 0 Å². The number of rotatable bonds is 2. The molecular weight excluding hydrogens is 214 g/mol. The van der Waals surface area contributed by atoms with Crippen LogP contribution in [-0.2, 0) is 14.6 Å². The molecule has 86 valence electrons. The van der Waals surface area contributed by atoms with Crippen LogP contribution in [0.3, 0.4) is 0 Å². The van der Waals surface area contributed by atoms with Gasteiger partial charge in [0.05, 0.1) is 11.5 Å². The molecule has 2 rings (SSSR count). The fraction of sp³-hybridized carbons (Fsp3) is 0.900. The van der Waals surface area contributed by atoms with E-state index in [9.17, 15) is 13.2 Å². The maximum Gasteiger partial charge on any atom is 0.222 e.